The Kier molecular flexibility index (Phi) is 4.73. The number of aromatic nitrogens is 1. The van der Waals surface area contributed by atoms with E-state index in [1.165, 1.54) is 0 Å². The van der Waals surface area contributed by atoms with Gasteiger partial charge in [0.05, 0.1) is 12.3 Å². The van der Waals surface area contributed by atoms with Crippen LogP contribution in [0.4, 0.5) is 5.69 Å². The van der Waals surface area contributed by atoms with Crippen molar-refractivity contribution in [3.63, 3.8) is 0 Å². The monoisotopic (exact) mass is 392 g/mol. The molecular formula is C23H21ClN2O2. The minimum absolute atomic E-state index is 0.108. The number of nitrogens with zero attached hydrogens (tertiary/aromatic N) is 1. The third-order valence-corrected chi connectivity index (χ3v) is 5.18. The summed E-state index contributed by atoms with van der Waals surface area (Å²) in [5.41, 5.74) is 6.53. The molecule has 142 valence electrons. The molecule has 1 amide bonds. The molecule has 3 aromatic rings. The number of ether oxygens (including phenoxy) is 1. The zero-order chi connectivity index (χ0) is 19.8. The van der Waals surface area contributed by atoms with E-state index < -0.39 is 0 Å². The third kappa shape index (κ3) is 3.20. The number of anilines is 1. The van der Waals surface area contributed by atoms with E-state index in [2.05, 4.69) is 29.8 Å². The quantitative estimate of drug-likeness (QED) is 0.584. The summed E-state index contributed by atoms with van der Waals surface area (Å²) in [7, 11) is 0. The molecule has 5 heteroatoms. The first-order chi connectivity index (χ1) is 13.5. The normalized spacial score (nSPS) is 14.3. The maximum absolute atomic E-state index is 12.5. The Hall–Kier alpha value is -2.98. The Morgan fingerprint density at radius 1 is 1.11 bits per heavy atom. The molecule has 0 aliphatic carbocycles. The van der Waals surface area contributed by atoms with Gasteiger partial charge in [0.1, 0.15) is 5.75 Å². The standard InChI is InChI=1S/C23H21ClN2O2/c1-4-28-19-8-6-18(7-9-19)26-14(2)11-16(15(26)3)12-21-20-10-5-17(24)13-22(20)25-23(21)27/h5-13H,4H2,1-3H3,(H,25,27). The van der Waals surface area contributed by atoms with Crippen molar-refractivity contribution < 1.29 is 9.53 Å². The first kappa shape index (κ1) is 18.4. The van der Waals surface area contributed by atoms with Crippen molar-refractivity contribution in [1.82, 2.24) is 4.57 Å². The summed E-state index contributed by atoms with van der Waals surface area (Å²) < 4.78 is 7.71. The van der Waals surface area contributed by atoms with Gasteiger partial charge in [-0.3, -0.25) is 4.79 Å². The van der Waals surface area contributed by atoms with Gasteiger partial charge < -0.3 is 14.6 Å². The highest BCUT2D eigenvalue weighted by Crippen LogP contribution is 2.36. The van der Waals surface area contributed by atoms with Gasteiger partial charge in [0.15, 0.2) is 0 Å². The number of carbonyl (C=O) groups is 1. The smallest absolute Gasteiger partial charge is 0.256 e. The van der Waals surface area contributed by atoms with Gasteiger partial charge in [0, 0.05) is 33.2 Å². The second-order valence-corrected chi connectivity index (χ2v) is 7.23. The first-order valence-electron chi connectivity index (χ1n) is 9.23. The van der Waals surface area contributed by atoms with Crippen LogP contribution in [0, 0.1) is 13.8 Å². The summed E-state index contributed by atoms with van der Waals surface area (Å²) in [5, 5.41) is 3.49. The zero-order valence-corrected chi connectivity index (χ0v) is 16.8. The van der Waals surface area contributed by atoms with Crippen LogP contribution in [0.3, 0.4) is 0 Å². The molecule has 1 aliphatic heterocycles. The van der Waals surface area contributed by atoms with Gasteiger partial charge in [-0.2, -0.15) is 0 Å². The molecule has 1 N–H and O–H groups in total. The molecule has 0 saturated heterocycles. The Bertz CT molecular complexity index is 1090. The van der Waals surface area contributed by atoms with Gasteiger partial charge in [-0.25, -0.2) is 0 Å². The molecule has 0 unspecified atom stereocenters. The van der Waals surface area contributed by atoms with E-state index in [-0.39, 0.29) is 5.91 Å². The summed E-state index contributed by atoms with van der Waals surface area (Å²) in [5.74, 6) is 0.747. The Labute approximate surface area is 169 Å². The number of hydrogen-bond acceptors (Lipinski definition) is 2. The molecule has 28 heavy (non-hydrogen) atoms. The summed E-state index contributed by atoms with van der Waals surface area (Å²) in [6.45, 7) is 6.74. The molecule has 4 nitrogen and oxygen atoms in total. The molecule has 4 rings (SSSR count). The van der Waals surface area contributed by atoms with Crippen LogP contribution in [0.1, 0.15) is 29.4 Å². The van der Waals surface area contributed by atoms with Crippen molar-refractivity contribution in [3.05, 3.63) is 76.1 Å². The van der Waals surface area contributed by atoms with Crippen LogP contribution in [0.5, 0.6) is 5.75 Å². The largest absolute Gasteiger partial charge is 0.494 e. The summed E-state index contributed by atoms with van der Waals surface area (Å²) in [6, 6.07) is 15.6. The molecule has 1 aromatic heterocycles. The SMILES string of the molecule is CCOc1ccc(-n2c(C)cc(C=C3C(=O)Nc4cc(Cl)ccc43)c2C)cc1. The molecular weight excluding hydrogens is 372 g/mol. The number of rotatable bonds is 4. The van der Waals surface area contributed by atoms with Crippen LogP contribution in [0.2, 0.25) is 5.02 Å². The maximum Gasteiger partial charge on any atom is 0.256 e. The molecule has 2 aromatic carbocycles. The molecule has 1 aliphatic rings. The second kappa shape index (κ2) is 7.21. The molecule has 2 heterocycles. The van der Waals surface area contributed by atoms with Gasteiger partial charge in [0.2, 0.25) is 0 Å². The topological polar surface area (TPSA) is 43.3 Å². The number of nitrogens with one attached hydrogen (secondary N) is 1. The summed E-state index contributed by atoms with van der Waals surface area (Å²) in [6.07, 6.45) is 1.95. The fraction of sp³-hybridized carbons (Fsp3) is 0.174. The summed E-state index contributed by atoms with van der Waals surface area (Å²) >= 11 is 6.04. The van der Waals surface area contributed by atoms with Crippen molar-refractivity contribution >= 4 is 34.8 Å². The van der Waals surface area contributed by atoms with Gasteiger partial charge in [-0.15, -0.1) is 0 Å². The number of aryl methyl sites for hydroxylation is 1. The number of amides is 1. The van der Waals surface area contributed by atoms with Gasteiger partial charge in [-0.05, 0) is 74.9 Å². The van der Waals surface area contributed by atoms with Gasteiger partial charge >= 0.3 is 0 Å². The first-order valence-corrected chi connectivity index (χ1v) is 9.61. The van der Waals surface area contributed by atoms with E-state index in [0.29, 0.717) is 17.2 Å². The third-order valence-electron chi connectivity index (χ3n) is 4.94. The highest BCUT2D eigenvalue weighted by molar-refractivity contribution is 6.36. The van der Waals surface area contributed by atoms with E-state index in [9.17, 15) is 4.79 Å². The molecule has 0 radical (unpaired) electrons. The molecule has 0 atom stereocenters. The van der Waals surface area contributed by atoms with E-state index in [0.717, 1.165) is 39.6 Å². The highest BCUT2D eigenvalue weighted by Gasteiger charge is 2.24. The van der Waals surface area contributed by atoms with E-state index in [1.807, 2.05) is 43.3 Å². The van der Waals surface area contributed by atoms with Gasteiger partial charge in [0.25, 0.3) is 5.91 Å². The van der Waals surface area contributed by atoms with E-state index in [4.69, 9.17) is 16.3 Å². The van der Waals surface area contributed by atoms with Crippen molar-refractivity contribution in [3.8, 4) is 11.4 Å². The lowest BCUT2D eigenvalue weighted by Crippen LogP contribution is -2.03. The minimum atomic E-state index is -0.108. The van der Waals surface area contributed by atoms with Crippen LogP contribution < -0.4 is 10.1 Å². The van der Waals surface area contributed by atoms with Crippen molar-refractivity contribution in [2.24, 2.45) is 0 Å². The Balaban J connectivity index is 1.74. The minimum Gasteiger partial charge on any atom is -0.494 e. The summed E-state index contributed by atoms with van der Waals surface area (Å²) in [4.78, 5) is 12.5. The fourth-order valence-corrected chi connectivity index (χ4v) is 3.83. The second-order valence-electron chi connectivity index (χ2n) is 6.79. The van der Waals surface area contributed by atoms with Crippen LogP contribution >= 0.6 is 11.6 Å². The lowest BCUT2D eigenvalue weighted by atomic mass is 10.0. The number of fused-ring (bicyclic) bond motifs is 1. The number of benzene rings is 2. The zero-order valence-electron chi connectivity index (χ0n) is 16.0. The van der Waals surface area contributed by atoms with Crippen molar-refractivity contribution in [2.45, 2.75) is 20.8 Å². The lowest BCUT2D eigenvalue weighted by molar-refractivity contribution is -0.110. The molecule has 0 bridgehead atoms. The predicted octanol–water partition coefficient (Wildman–Crippen LogP) is 5.64. The van der Waals surface area contributed by atoms with Crippen LogP contribution in [-0.4, -0.2) is 17.1 Å². The highest BCUT2D eigenvalue weighted by atomic mass is 35.5. The van der Waals surface area contributed by atoms with Crippen molar-refractivity contribution in [2.75, 3.05) is 11.9 Å². The van der Waals surface area contributed by atoms with Crippen LogP contribution in [0.25, 0.3) is 17.3 Å². The Morgan fingerprint density at radius 3 is 2.57 bits per heavy atom. The van der Waals surface area contributed by atoms with Crippen molar-refractivity contribution in [1.29, 1.82) is 0 Å². The number of halogens is 1. The average Bonchev–Trinajstić information content (AvgIpc) is 3.12. The van der Waals surface area contributed by atoms with E-state index >= 15 is 0 Å². The number of hydrogen-bond donors (Lipinski definition) is 1. The van der Waals surface area contributed by atoms with Gasteiger partial charge in [-0.1, -0.05) is 17.7 Å². The number of carbonyl (C=O) groups excluding carboxylic acids is 1. The van der Waals surface area contributed by atoms with E-state index in [1.54, 1.807) is 12.1 Å². The predicted molar refractivity (Wildman–Crippen MR) is 114 cm³/mol. The average molecular weight is 393 g/mol. The lowest BCUT2D eigenvalue weighted by Gasteiger charge is -2.11. The maximum atomic E-state index is 12.5. The fourth-order valence-electron chi connectivity index (χ4n) is 3.65. The molecule has 0 spiro atoms. The van der Waals surface area contributed by atoms with Crippen LogP contribution in [0.15, 0.2) is 48.5 Å². The molecule has 0 saturated carbocycles. The Morgan fingerprint density at radius 2 is 1.86 bits per heavy atom. The molecule has 0 fully saturated rings. The van der Waals surface area contributed by atoms with Crippen LogP contribution in [-0.2, 0) is 4.79 Å².